The van der Waals surface area contributed by atoms with E-state index in [9.17, 15) is 13.2 Å². The average molecular weight is 346 g/mol. The summed E-state index contributed by atoms with van der Waals surface area (Å²) in [6.45, 7) is 2.48. The van der Waals surface area contributed by atoms with Crippen molar-refractivity contribution in [2.75, 3.05) is 17.1 Å². The molecule has 2 aromatic carbocycles. The highest BCUT2D eigenvalue weighted by Gasteiger charge is 2.18. The van der Waals surface area contributed by atoms with Crippen molar-refractivity contribution in [3.63, 3.8) is 0 Å². The van der Waals surface area contributed by atoms with Crippen LogP contribution >= 0.6 is 0 Å². The molecule has 2 rings (SSSR count). The molecule has 2 aromatic rings. The first-order valence-corrected chi connectivity index (χ1v) is 9.56. The Morgan fingerprint density at radius 2 is 1.67 bits per heavy atom. The maximum atomic E-state index is 12.0. The van der Waals surface area contributed by atoms with E-state index < -0.39 is 10.0 Å². The highest BCUT2D eigenvalue weighted by Crippen LogP contribution is 2.18. The second kappa shape index (κ2) is 7.97. The van der Waals surface area contributed by atoms with E-state index in [-0.39, 0.29) is 18.9 Å². The van der Waals surface area contributed by atoms with E-state index in [1.807, 2.05) is 49.4 Å². The fourth-order valence-corrected chi connectivity index (χ4v) is 3.21. The molecular formula is C18H22N2O3S. The Hall–Kier alpha value is -2.34. The number of benzene rings is 2. The van der Waals surface area contributed by atoms with Gasteiger partial charge in [0.25, 0.3) is 0 Å². The molecule has 0 aliphatic carbocycles. The predicted octanol–water partition coefficient (Wildman–Crippen LogP) is 2.47. The van der Waals surface area contributed by atoms with E-state index >= 15 is 0 Å². The van der Waals surface area contributed by atoms with Crippen LogP contribution in [-0.4, -0.2) is 27.1 Å². The lowest BCUT2D eigenvalue weighted by Crippen LogP contribution is -2.34. The van der Waals surface area contributed by atoms with Crippen LogP contribution in [-0.2, 0) is 21.4 Å². The van der Waals surface area contributed by atoms with E-state index in [1.54, 1.807) is 12.1 Å². The molecule has 0 saturated carbocycles. The standard InChI is InChI=1S/C18H22N2O3S/c1-15-8-10-17(11-9-15)20(24(2,22)23)13-12-18(21)19-14-16-6-4-3-5-7-16/h3-11H,12-14H2,1-2H3,(H,19,21). The normalized spacial score (nSPS) is 11.1. The topological polar surface area (TPSA) is 66.5 Å². The highest BCUT2D eigenvalue weighted by atomic mass is 32.2. The molecule has 1 amide bonds. The van der Waals surface area contributed by atoms with Crippen LogP contribution in [0.4, 0.5) is 5.69 Å². The predicted molar refractivity (Wildman–Crippen MR) is 96.3 cm³/mol. The van der Waals surface area contributed by atoms with Crippen molar-refractivity contribution in [1.29, 1.82) is 0 Å². The summed E-state index contributed by atoms with van der Waals surface area (Å²) in [5, 5.41) is 2.81. The van der Waals surface area contributed by atoms with Crippen molar-refractivity contribution in [2.24, 2.45) is 0 Å². The molecule has 0 spiro atoms. The second-order valence-corrected chi connectivity index (χ2v) is 7.59. The van der Waals surface area contributed by atoms with Gasteiger partial charge in [-0.05, 0) is 24.6 Å². The van der Waals surface area contributed by atoms with Gasteiger partial charge < -0.3 is 5.32 Å². The summed E-state index contributed by atoms with van der Waals surface area (Å²) in [6.07, 6.45) is 1.25. The number of rotatable bonds is 7. The van der Waals surface area contributed by atoms with Gasteiger partial charge in [-0.1, -0.05) is 48.0 Å². The van der Waals surface area contributed by atoms with Crippen molar-refractivity contribution in [3.8, 4) is 0 Å². The minimum atomic E-state index is -3.44. The minimum Gasteiger partial charge on any atom is -0.352 e. The lowest BCUT2D eigenvalue weighted by Gasteiger charge is -2.22. The molecule has 1 N–H and O–H groups in total. The van der Waals surface area contributed by atoms with Gasteiger partial charge in [0, 0.05) is 19.5 Å². The number of sulfonamides is 1. The molecule has 0 aliphatic rings. The lowest BCUT2D eigenvalue weighted by molar-refractivity contribution is -0.121. The molecule has 0 unspecified atom stereocenters. The van der Waals surface area contributed by atoms with Gasteiger partial charge in [-0.2, -0.15) is 0 Å². The van der Waals surface area contributed by atoms with E-state index in [1.165, 1.54) is 4.31 Å². The van der Waals surface area contributed by atoms with Gasteiger partial charge in [-0.3, -0.25) is 9.10 Å². The van der Waals surface area contributed by atoms with Crippen molar-refractivity contribution >= 4 is 21.6 Å². The van der Waals surface area contributed by atoms with Crippen LogP contribution in [0.1, 0.15) is 17.5 Å². The number of hydrogen-bond acceptors (Lipinski definition) is 3. The van der Waals surface area contributed by atoms with Crippen molar-refractivity contribution in [3.05, 3.63) is 65.7 Å². The number of nitrogens with zero attached hydrogens (tertiary/aromatic N) is 1. The van der Waals surface area contributed by atoms with Crippen molar-refractivity contribution in [2.45, 2.75) is 19.9 Å². The number of amides is 1. The molecule has 0 atom stereocenters. The van der Waals surface area contributed by atoms with E-state index in [2.05, 4.69) is 5.32 Å². The molecular weight excluding hydrogens is 324 g/mol. The van der Waals surface area contributed by atoms with Crippen LogP contribution < -0.4 is 9.62 Å². The maximum Gasteiger partial charge on any atom is 0.232 e. The lowest BCUT2D eigenvalue weighted by atomic mass is 10.2. The summed E-state index contributed by atoms with van der Waals surface area (Å²) in [5.41, 5.74) is 2.62. The van der Waals surface area contributed by atoms with Crippen LogP contribution in [0.5, 0.6) is 0 Å². The summed E-state index contributed by atoms with van der Waals surface area (Å²) in [4.78, 5) is 12.0. The third-order valence-corrected chi connectivity index (χ3v) is 4.79. The summed E-state index contributed by atoms with van der Waals surface area (Å²) in [7, 11) is -3.44. The molecule has 0 saturated heterocycles. The Morgan fingerprint density at radius 3 is 2.25 bits per heavy atom. The number of nitrogens with one attached hydrogen (secondary N) is 1. The zero-order valence-electron chi connectivity index (χ0n) is 13.9. The fraction of sp³-hybridized carbons (Fsp3) is 0.278. The third kappa shape index (κ3) is 5.38. The number of carbonyl (C=O) groups is 1. The first kappa shape index (κ1) is 18.0. The molecule has 0 fully saturated rings. The third-order valence-electron chi connectivity index (χ3n) is 3.60. The van der Waals surface area contributed by atoms with Gasteiger partial charge >= 0.3 is 0 Å². The van der Waals surface area contributed by atoms with Crippen LogP contribution in [0, 0.1) is 6.92 Å². The Balaban J connectivity index is 1.95. The molecule has 24 heavy (non-hydrogen) atoms. The molecule has 0 aromatic heterocycles. The monoisotopic (exact) mass is 346 g/mol. The molecule has 0 heterocycles. The number of hydrogen-bond donors (Lipinski definition) is 1. The fourth-order valence-electron chi connectivity index (χ4n) is 2.29. The number of aryl methyl sites for hydroxylation is 1. The van der Waals surface area contributed by atoms with E-state index in [4.69, 9.17) is 0 Å². The molecule has 6 heteroatoms. The summed E-state index contributed by atoms with van der Waals surface area (Å²) in [5.74, 6) is -0.181. The molecule has 0 bridgehead atoms. The van der Waals surface area contributed by atoms with Gasteiger partial charge in [-0.15, -0.1) is 0 Å². The van der Waals surface area contributed by atoms with Gasteiger partial charge in [0.15, 0.2) is 0 Å². The van der Waals surface area contributed by atoms with Gasteiger partial charge in [0.05, 0.1) is 11.9 Å². The zero-order chi connectivity index (χ0) is 17.6. The van der Waals surface area contributed by atoms with Crippen molar-refractivity contribution in [1.82, 2.24) is 5.32 Å². The molecule has 0 aliphatic heterocycles. The second-order valence-electron chi connectivity index (χ2n) is 5.68. The van der Waals surface area contributed by atoms with E-state index in [0.29, 0.717) is 12.2 Å². The Labute approximate surface area is 143 Å². The average Bonchev–Trinajstić information content (AvgIpc) is 2.54. The van der Waals surface area contributed by atoms with Crippen LogP contribution in [0.25, 0.3) is 0 Å². The summed E-state index contributed by atoms with van der Waals surface area (Å²) < 4.78 is 25.3. The van der Waals surface area contributed by atoms with Gasteiger partial charge in [-0.25, -0.2) is 8.42 Å². The van der Waals surface area contributed by atoms with Crippen LogP contribution in [0.2, 0.25) is 0 Å². The maximum absolute atomic E-state index is 12.0. The van der Waals surface area contributed by atoms with Gasteiger partial charge in [0.2, 0.25) is 15.9 Å². The van der Waals surface area contributed by atoms with E-state index in [0.717, 1.165) is 17.4 Å². The smallest absolute Gasteiger partial charge is 0.232 e. The first-order chi connectivity index (χ1) is 11.4. The zero-order valence-corrected chi connectivity index (χ0v) is 14.7. The molecule has 128 valence electrons. The number of carbonyl (C=O) groups excluding carboxylic acids is 1. The molecule has 5 nitrogen and oxygen atoms in total. The highest BCUT2D eigenvalue weighted by molar-refractivity contribution is 7.92. The SMILES string of the molecule is Cc1ccc(N(CCC(=O)NCc2ccccc2)S(C)(=O)=O)cc1. The quantitative estimate of drug-likeness (QED) is 0.837. The summed E-state index contributed by atoms with van der Waals surface area (Å²) in [6, 6.07) is 16.8. The number of anilines is 1. The Morgan fingerprint density at radius 1 is 1.04 bits per heavy atom. The molecule has 0 radical (unpaired) electrons. The largest absolute Gasteiger partial charge is 0.352 e. The Bertz CT molecular complexity index is 772. The van der Waals surface area contributed by atoms with Gasteiger partial charge in [0.1, 0.15) is 0 Å². The van der Waals surface area contributed by atoms with Crippen molar-refractivity contribution < 1.29 is 13.2 Å². The summed E-state index contributed by atoms with van der Waals surface area (Å²) >= 11 is 0. The first-order valence-electron chi connectivity index (χ1n) is 7.71. The minimum absolute atomic E-state index is 0.105. The van der Waals surface area contributed by atoms with Crippen LogP contribution in [0.15, 0.2) is 54.6 Å². The Kier molecular flexibility index (Phi) is 5.98. The van der Waals surface area contributed by atoms with Crippen LogP contribution in [0.3, 0.4) is 0 Å².